The first-order valence-electron chi connectivity index (χ1n) is 14.9. The number of pyridine rings is 2. The van der Waals surface area contributed by atoms with Gasteiger partial charge in [-0.2, -0.15) is 0 Å². The molecule has 0 saturated heterocycles. The minimum Gasteiger partial charge on any atom is -0.372 e. The number of hydrogen-bond donors (Lipinski definition) is 0. The first-order valence-corrected chi connectivity index (χ1v) is 14.9. The fraction of sp³-hybridized carbons (Fsp3) is 0.211. The molecule has 0 radical (unpaired) electrons. The summed E-state index contributed by atoms with van der Waals surface area (Å²) >= 11 is 0. The fourth-order valence-corrected chi connectivity index (χ4v) is 4.39. The average Bonchev–Trinajstić information content (AvgIpc) is 3.05. The molecule has 0 spiro atoms. The van der Waals surface area contributed by atoms with Crippen molar-refractivity contribution in [1.29, 1.82) is 0 Å². The van der Waals surface area contributed by atoms with E-state index in [9.17, 15) is 0 Å². The van der Waals surface area contributed by atoms with Gasteiger partial charge in [0.2, 0.25) is 0 Å². The van der Waals surface area contributed by atoms with Crippen molar-refractivity contribution in [2.75, 3.05) is 36.0 Å². The second-order valence-electron chi connectivity index (χ2n) is 9.53. The van der Waals surface area contributed by atoms with Crippen LogP contribution in [0.1, 0.15) is 49.9 Å². The minimum absolute atomic E-state index is 0. The van der Waals surface area contributed by atoms with Crippen LogP contribution < -0.4 is 9.80 Å². The summed E-state index contributed by atoms with van der Waals surface area (Å²) in [5, 5.41) is 0. The summed E-state index contributed by atoms with van der Waals surface area (Å²) in [6.45, 7) is 12.9. The molecule has 0 aliphatic carbocycles. The van der Waals surface area contributed by atoms with Crippen molar-refractivity contribution in [3.8, 4) is 0 Å². The first kappa shape index (κ1) is 38.3. The number of nitrogens with zero attached hydrogens (tertiary/aromatic N) is 4. The van der Waals surface area contributed by atoms with Crippen LogP contribution in [0.4, 0.5) is 11.4 Å². The number of benzene rings is 2. The van der Waals surface area contributed by atoms with E-state index in [2.05, 4.69) is 132 Å². The molecule has 4 rings (SSSR count). The number of anilines is 2. The van der Waals surface area contributed by atoms with Crippen molar-refractivity contribution < 1.29 is 0 Å². The van der Waals surface area contributed by atoms with Crippen LogP contribution in [-0.2, 0) is 0 Å². The number of hydrogen-bond acceptors (Lipinski definition) is 4. The van der Waals surface area contributed by atoms with Crippen LogP contribution in [0.5, 0.6) is 0 Å². The molecule has 4 aromatic rings. The van der Waals surface area contributed by atoms with Crippen LogP contribution in [0.3, 0.4) is 0 Å². The van der Waals surface area contributed by atoms with Crippen molar-refractivity contribution >= 4 is 69.6 Å². The summed E-state index contributed by atoms with van der Waals surface area (Å²) in [7, 11) is 0. The van der Waals surface area contributed by atoms with Crippen molar-refractivity contribution in [3.05, 3.63) is 144 Å². The maximum Gasteiger partial charge on any atom is 0.0366 e. The van der Waals surface area contributed by atoms with Crippen LogP contribution in [0, 0.1) is 0 Å². The summed E-state index contributed by atoms with van der Waals surface area (Å²) in [5.41, 5.74) is 7.31. The Morgan fingerprint density at radius 3 is 0.909 bits per heavy atom. The average molecular weight is 719 g/mol. The van der Waals surface area contributed by atoms with E-state index in [0.717, 1.165) is 37.3 Å². The summed E-state index contributed by atoms with van der Waals surface area (Å²) in [6, 6.07) is 25.3. The first-order chi connectivity index (χ1) is 20.7. The molecule has 44 heavy (non-hydrogen) atoms. The molecule has 0 saturated carbocycles. The van der Waals surface area contributed by atoms with Gasteiger partial charge in [-0.1, -0.05) is 72.9 Å². The van der Waals surface area contributed by atoms with E-state index in [4.69, 9.17) is 0 Å². The second kappa shape index (κ2) is 22.8. The van der Waals surface area contributed by atoms with Gasteiger partial charge in [0, 0.05) is 62.3 Å². The van der Waals surface area contributed by atoms with Crippen LogP contribution in [-0.4, -0.2) is 36.1 Å². The van der Waals surface area contributed by atoms with E-state index in [0.29, 0.717) is 0 Å². The minimum atomic E-state index is 0. The molecule has 6 heteroatoms. The molecule has 0 atom stereocenters. The molecule has 4 nitrogen and oxygen atoms in total. The number of rotatable bonds is 12. The normalized spacial score (nSPS) is 10.8. The SMILES string of the molecule is Br.Br.CCN(CC)c1ccc(C=CC=Cc2ccncc2)cc1.CCN(CC)c1ccc(C=CC=Cc2ccncc2)cc1. The lowest BCUT2D eigenvalue weighted by molar-refractivity contribution is 0.866. The van der Waals surface area contributed by atoms with Gasteiger partial charge in [-0.3, -0.25) is 9.97 Å². The van der Waals surface area contributed by atoms with E-state index >= 15 is 0 Å². The molecule has 2 aromatic carbocycles. The Labute approximate surface area is 286 Å². The van der Waals surface area contributed by atoms with Gasteiger partial charge >= 0.3 is 0 Å². The quantitative estimate of drug-likeness (QED) is 0.137. The highest BCUT2D eigenvalue weighted by molar-refractivity contribution is 8.93. The largest absolute Gasteiger partial charge is 0.372 e. The summed E-state index contributed by atoms with van der Waals surface area (Å²) in [6.07, 6.45) is 23.8. The van der Waals surface area contributed by atoms with Crippen molar-refractivity contribution in [2.45, 2.75) is 27.7 Å². The lowest BCUT2D eigenvalue weighted by Gasteiger charge is -2.20. The highest BCUT2D eigenvalue weighted by Gasteiger charge is 2.00. The van der Waals surface area contributed by atoms with E-state index in [-0.39, 0.29) is 34.0 Å². The molecule has 2 heterocycles. The molecule has 0 aliphatic heterocycles. The number of allylic oxidation sites excluding steroid dienone is 4. The van der Waals surface area contributed by atoms with E-state index in [1.165, 1.54) is 22.5 Å². The van der Waals surface area contributed by atoms with Gasteiger partial charge in [0.1, 0.15) is 0 Å². The van der Waals surface area contributed by atoms with Crippen molar-refractivity contribution in [1.82, 2.24) is 9.97 Å². The Balaban J connectivity index is 0.000000421. The third-order valence-corrected chi connectivity index (χ3v) is 6.83. The Hall–Kier alpha value is -3.74. The van der Waals surface area contributed by atoms with Crippen LogP contribution in [0.25, 0.3) is 24.3 Å². The van der Waals surface area contributed by atoms with Gasteiger partial charge in [-0.05, 0) is 98.5 Å². The lowest BCUT2D eigenvalue weighted by atomic mass is 10.1. The highest BCUT2D eigenvalue weighted by Crippen LogP contribution is 2.17. The summed E-state index contributed by atoms with van der Waals surface area (Å²) < 4.78 is 0. The molecule has 0 fully saturated rings. The zero-order chi connectivity index (χ0) is 29.8. The van der Waals surface area contributed by atoms with E-state index in [1.54, 1.807) is 24.8 Å². The number of aromatic nitrogens is 2. The van der Waals surface area contributed by atoms with Gasteiger partial charge in [0.25, 0.3) is 0 Å². The Morgan fingerprint density at radius 1 is 0.409 bits per heavy atom. The maximum absolute atomic E-state index is 4.00. The second-order valence-corrected chi connectivity index (χ2v) is 9.53. The van der Waals surface area contributed by atoms with Gasteiger partial charge in [-0.25, -0.2) is 0 Å². The van der Waals surface area contributed by atoms with Crippen molar-refractivity contribution in [3.63, 3.8) is 0 Å². The van der Waals surface area contributed by atoms with Gasteiger partial charge in [0.05, 0.1) is 0 Å². The topological polar surface area (TPSA) is 32.3 Å². The summed E-state index contributed by atoms with van der Waals surface area (Å²) in [5.74, 6) is 0. The molecular formula is C38H46Br2N4. The predicted molar refractivity (Wildman–Crippen MR) is 205 cm³/mol. The van der Waals surface area contributed by atoms with Gasteiger partial charge in [0.15, 0.2) is 0 Å². The molecule has 0 bridgehead atoms. The van der Waals surface area contributed by atoms with E-state index < -0.39 is 0 Å². The smallest absolute Gasteiger partial charge is 0.0366 e. The Morgan fingerprint density at radius 2 is 0.659 bits per heavy atom. The third kappa shape index (κ3) is 13.7. The van der Waals surface area contributed by atoms with Gasteiger partial charge in [-0.15, -0.1) is 34.0 Å². The Kier molecular flexibility index (Phi) is 19.8. The van der Waals surface area contributed by atoms with Crippen molar-refractivity contribution in [2.24, 2.45) is 0 Å². The molecular weight excluding hydrogens is 672 g/mol. The molecule has 2 aromatic heterocycles. The lowest BCUT2D eigenvalue weighted by Crippen LogP contribution is -2.21. The molecule has 232 valence electrons. The van der Waals surface area contributed by atoms with Crippen LogP contribution >= 0.6 is 34.0 Å². The molecule has 0 aliphatic rings. The Bertz CT molecular complexity index is 1280. The third-order valence-electron chi connectivity index (χ3n) is 6.83. The summed E-state index contributed by atoms with van der Waals surface area (Å²) in [4.78, 5) is 12.7. The molecule has 0 amide bonds. The number of halogens is 2. The van der Waals surface area contributed by atoms with Gasteiger partial charge < -0.3 is 9.80 Å². The highest BCUT2D eigenvalue weighted by atomic mass is 79.9. The van der Waals surface area contributed by atoms with E-state index in [1.807, 2.05) is 36.4 Å². The van der Waals surface area contributed by atoms with Crippen LogP contribution in [0.2, 0.25) is 0 Å². The molecule has 0 unspecified atom stereocenters. The zero-order valence-electron chi connectivity index (χ0n) is 26.3. The monoisotopic (exact) mass is 716 g/mol. The predicted octanol–water partition coefficient (Wildman–Crippen LogP) is 10.5. The maximum atomic E-state index is 4.00. The fourth-order valence-electron chi connectivity index (χ4n) is 4.39. The molecule has 0 N–H and O–H groups in total. The zero-order valence-corrected chi connectivity index (χ0v) is 29.7. The van der Waals surface area contributed by atoms with Crippen LogP contribution in [0.15, 0.2) is 122 Å². The standard InChI is InChI=1S/2C19H22N2.2BrH/c2*1-3-21(4-2)19-11-9-17(10-12-19)7-5-6-8-18-13-15-20-16-14-18;;/h2*5-16H,3-4H2,1-2H3;2*1H.